The summed E-state index contributed by atoms with van der Waals surface area (Å²) in [5, 5.41) is 11.5. The Morgan fingerprint density at radius 3 is 2.20 bits per heavy atom. The lowest BCUT2D eigenvalue weighted by molar-refractivity contribution is 0.0647. The number of benzene rings is 2. The molecular weight excluding hydrogens is 322 g/mol. The van der Waals surface area contributed by atoms with E-state index in [0.29, 0.717) is 42.0 Å². The third-order valence-electron chi connectivity index (χ3n) is 3.93. The molecule has 0 radical (unpaired) electrons. The highest BCUT2D eigenvalue weighted by Gasteiger charge is 2.34. The molecule has 2 amide bonds. The molecule has 2 aromatic carbocycles. The lowest BCUT2D eigenvalue weighted by Gasteiger charge is -2.14. The molecule has 7 heteroatoms. The van der Waals surface area contributed by atoms with Crippen LogP contribution in [0.25, 0.3) is 0 Å². The Bertz CT molecular complexity index is 795. The number of nitrogens with two attached hydrogens (primary N) is 1. The van der Waals surface area contributed by atoms with Crippen molar-refractivity contribution in [3.63, 3.8) is 0 Å². The molecule has 3 rings (SSSR count). The predicted octanol–water partition coefficient (Wildman–Crippen LogP) is 1.85. The smallest absolute Gasteiger partial charge is 0.261 e. The van der Waals surface area contributed by atoms with Crippen LogP contribution in [0.4, 0.5) is 0 Å². The number of imide groups is 1. The minimum atomic E-state index is -0.260. The normalized spacial score (nSPS) is 13.9. The van der Waals surface area contributed by atoms with Crippen molar-refractivity contribution in [1.29, 1.82) is 0 Å². The Morgan fingerprint density at radius 1 is 1.04 bits per heavy atom. The summed E-state index contributed by atoms with van der Waals surface area (Å²) in [7, 11) is 0. The van der Waals surface area contributed by atoms with Gasteiger partial charge in [-0.3, -0.25) is 14.5 Å². The first-order valence-corrected chi connectivity index (χ1v) is 7.78. The van der Waals surface area contributed by atoms with Gasteiger partial charge in [-0.05, 0) is 42.8 Å². The first-order chi connectivity index (χ1) is 12.1. The van der Waals surface area contributed by atoms with E-state index in [2.05, 4.69) is 5.16 Å². The van der Waals surface area contributed by atoms with E-state index in [1.165, 1.54) is 4.90 Å². The highest BCUT2D eigenvalue weighted by Crippen LogP contribution is 2.22. The molecule has 0 spiro atoms. The van der Waals surface area contributed by atoms with Gasteiger partial charge in [0, 0.05) is 12.1 Å². The zero-order chi connectivity index (χ0) is 17.8. The summed E-state index contributed by atoms with van der Waals surface area (Å²) in [5.74, 6) is 0.126. The lowest BCUT2D eigenvalue weighted by Crippen LogP contribution is -2.31. The van der Waals surface area contributed by atoms with Gasteiger partial charge in [0.1, 0.15) is 5.75 Å². The van der Waals surface area contributed by atoms with Crippen molar-refractivity contribution >= 4 is 17.6 Å². The third kappa shape index (κ3) is 3.30. The van der Waals surface area contributed by atoms with Gasteiger partial charge >= 0.3 is 0 Å². The number of fused-ring (bicyclic) bond motifs is 1. The van der Waals surface area contributed by atoms with E-state index < -0.39 is 0 Å². The maximum absolute atomic E-state index is 12.2. The summed E-state index contributed by atoms with van der Waals surface area (Å²) in [4.78, 5) is 25.7. The van der Waals surface area contributed by atoms with Gasteiger partial charge in [0.05, 0.1) is 17.7 Å². The molecule has 0 aliphatic carbocycles. The molecule has 0 saturated carbocycles. The first kappa shape index (κ1) is 16.5. The molecule has 0 atom stereocenters. The number of amidine groups is 1. The molecule has 25 heavy (non-hydrogen) atoms. The van der Waals surface area contributed by atoms with Crippen LogP contribution in [0.2, 0.25) is 0 Å². The molecular formula is C18H17N3O4. The number of nitrogens with zero attached hydrogens (tertiary/aromatic N) is 2. The quantitative estimate of drug-likeness (QED) is 0.209. The molecule has 0 saturated heterocycles. The maximum atomic E-state index is 12.2. The molecule has 0 unspecified atom stereocenters. The average Bonchev–Trinajstić information content (AvgIpc) is 2.90. The van der Waals surface area contributed by atoms with Crippen LogP contribution >= 0.6 is 0 Å². The fraction of sp³-hybridized carbons (Fsp3) is 0.167. The standard InChI is InChI=1S/C18H17N3O4/c19-16(20-24)12-6-8-13(9-7-12)25-11-3-10-21-17(22)14-4-1-2-5-15(14)18(21)23/h1-2,4-9,24H,3,10-11H2,(H2,19,20). The summed E-state index contributed by atoms with van der Waals surface area (Å²) in [6.07, 6.45) is 0.521. The third-order valence-corrected chi connectivity index (χ3v) is 3.93. The van der Waals surface area contributed by atoms with Crippen molar-refractivity contribution in [3.8, 4) is 5.75 Å². The van der Waals surface area contributed by atoms with Gasteiger partial charge in [0.2, 0.25) is 0 Å². The maximum Gasteiger partial charge on any atom is 0.261 e. The Morgan fingerprint density at radius 2 is 1.64 bits per heavy atom. The second-order valence-corrected chi connectivity index (χ2v) is 5.52. The van der Waals surface area contributed by atoms with Crippen LogP contribution in [0, 0.1) is 0 Å². The van der Waals surface area contributed by atoms with Gasteiger partial charge in [-0.1, -0.05) is 17.3 Å². The van der Waals surface area contributed by atoms with Crippen LogP contribution in [0.3, 0.4) is 0 Å². The first-order valence-electron chi connectivity index (χ1n) is 7.78. The van der Waals surface area contributed by atoms with E-state index in [9.17, 15) is 9.59 Å². The van der Waals surface area contributed by atoms with E-state index in [-0.39, 0.29) is 17.6 Å². The molecule has 1 aliphatic rings. The molecule has 0 bridgehead atoms. The van der Waals surface area contributed by atoms with Crippen molar-refractivity contribution in [1.82, 2.24) is 4.90 Å². The molecule has 3 N–H and O–H groups in total. The average molecular weight is 339 g/mol. The Kier molecular flexibility index (Phi) is 4.65. The highest BCUT2D eigenvalue weighted by atomic mass is 16.5. The van der Waals surface area contributed by atoms with Crippen LogP contribution < -0.4 is 10.5 Å². The largest absolute Gasteiger partial charge is 0.494 e. The number of amides is 2. The predicted molar refractivity (Wildman–Crippen MR) is 90.9 cm³/mol. The number of rotatable bonds is 6. The zero-order valence-electron chi connectivity index (χ0n) is 13.4. The van der Waals surface area contributed by atoms with Crippen LogP contribution in [-0.2, 0) is 0 Å². The molecule has 128 valence electrons. The van der Waals surface area contributed by atoms with Crippen LogP contribution in [0.1, 0.15) is 32.7 Å². The molecule has 1 heterocycles. The van der Waals surface area contributed by atoms with Crippen molar-refractivity contribution in [3.05, 3.63) is 65.2 Å². The van der Waals surface area contributed by atoms with Crippen molar-refractivity contribution in [2.45, 2.75) is 6.42 Å². The topological polar surface area (TPSA) is 105 Å². The number of carbonyl (C=O) groups is 2. The number of hydrogen-bond donors (Lipinski definition) is 2. The molecule has 0 aromatic heterocycles. The summed E-state index contributed by atoms with van der Waals surface area (Å²) >= 11 is 0. The number of carbonyl (C=O) groups excluding carboxylic acids is 2. The highest BCUT2D eigenvalue weighted by molar-refractivity contribution is 6.21. The van der Waals surface area contributed by atoms with Crippen molar-refractivity contribution in [2.24, 2.45) is 10.9 Å². The number of hydrogen-bond acceptors (Lipinski definition) is 5. The lowest BCUT2D eigenvalue weighted by atomic mass is 10.1. The second kappa shape index (κ2) is 7.04. The Labute approximate surface area is 144 Å². The molecule has 7 nitrogen and oxygen atoms in total. The van der Waals surface area contributed by atoms with Crippen LogP contribution in [0.15, 0.2) is 53.7 Å². The van der Waals surface area contributed by atoms with E-state index in [1.54, 1.807) is 48.5 Å². The summed E-state index contributed by atoms with van der Waals surface area (Å²) < 4.78 is 5.59. The minimum absolute atomic E-state index is 0.0252. The zero-order valence-corrected chi connectivity index (χ0v) is 13.4. The van der Waals surface area contributed by atoms with E-state index >= 15 is 0 Å². The van der Waals surface area contributed by atoms with E-state index in [4.69, 9.17) is 15.7 Å². The van der Waals surface area contributed by atoms with Crippen molar-refractivity contribution < 1.29 is 19.5 Å². The van der Waals surface area contributed by atoms with Gasteiger partial charge < -0.3 is 15.7 Å². The van der Waals surface area contributed by atoms with Gasteiger partial charge in [0.25, 0.3) is 11.8 Å². The fourth-order valence-electron chi connectivity index (χ4n) is 2.63. The second-order valence-electron chi connectivity index (χ2n) is 5.52. The number of oxime groups is 1. The monoisotopic (exact) mass is 339 g/mol. The molecule has 0 fully saturated rings. The number of ether oxygens (including phenoxy) is 1. The van der Waals surface area contributed by atoms with Gasteiger partial charge in [-0.25, -0.2) is 0 Å². The van der Waals surface area contributed by atoms with Crippen molar-refractivity contribution in [2.75, 3.05) is 13.2 Å². The molecule has 1 aliphatic heterocycles. The van der Waals surface area contributed by atoms with Gasteiger partial charge in [0.15, 0.2) is 5.84 Å². The van der Waals surface area contributed by atoms with Crippen LogP contribution in [0.5, 0.6) is 5.75 Å². The Balaban J connectivity index is 1.51. The van der Waals surface area contributed by atoms with Gasteiger partial charge in [-0.2, -0.15) is 0 Å². The minimum Gasteiger partial charge on any atom is -0.494 e. The summed E-state index contributed by atoms with van der Waals surface area (Å²) in [6.45, 7) is 0.658. The Hall–Kier alpha value is -3.35. The summed E-state index contributed by atoms with van der Waals surface area (Å²) in [6, 6.07) is 13.6. The van der Waals surface area contributed by atoms with Gasteiger partial charge in [-0.15, -0.1) is 0 Å². The van der Waals surface area contributed by atoms with E-state index in [1.807, 2.05) is 0 Å². The van der Waals surface area contributed by atoms with Crippen LogP contribution in [-0.4, -0.2) is 40.9 Å². The SMILES string of the molecule is N/C(=N/O)c1ccc(OCCCN2C(=O)c3ccccc3C2=O)cc1. The summed E-state index contributed by atoms with van der Waals surface area (Å²) in [5.41, 5.74) is 6.97. The van der Waals surface area contributed by atoms with E-state index in [0.717, 1.165) is 0 Å². The molecule has 2 aromatic rings. The fourth-order valence-corrected chi connectivity index (χ4v) is 2.63.